The van der Waals surface area contributed by atoms with E-state index in [4.69, 9.17) is 5.73 Å². The van der Waals surface area contributed by atoms with Crippen molar-refractivity contribution in [2.24, 2.45) is 0 Å². The Morgan fingerprint density at radius 1 is 1.18 bits per heavy atom. The molecule has 0 aromatic heterocycles. The normalized spacial score (nSPS) is 13.0. The number of nitrogens with zero attached hydrogens (tertiary/aromatic N) is 1. The molecule has 1 heterocycles. The van der Waals surface area contributed by atoms with Crippen LogP contribution in [-0.4, -0.2) is 25.5 Å². The Hall–Kier alpha value is -2.49. The van der Waals surface area contributed by atoms with Gasteiger partial charge in [-0.25, -0.2) is 0 Å². The summed E-state index contributed by atoms with van der Waals surface area (Å²) in [4.78, 5) is 14.4. The van der Waals surface area contributed by atoms with Crippen molar-refractivity contribution in [3.8, 4) is 0 Å². The van der Waals surface area contributed by atoms with Gasteiger partial charge in [0, 0.05) is 36.6 Å². The lowest BCUT2D eigenvalue weighted by Crippen LogP contribution is -2.29. The number of nitrogen functional groups attached to an aromatic ring is 1. The van der Waals surface area contributed by atoms with E-state index < -0.39 is 0 Å². The minimum absolute atomic E-state index is 0.0610. The number of rotatable bonds is 5. The van der Waals surface area contributed by atoms with Crippen LogP contribution in [0.3, 0.4) is 0 Å². The second-order valence-electron chi connectivity index (χ2n) is 5.60. The minimum Gasteiger partial charge on any atom is -0.399 e. The Bertz CT molecular complexity index is 669. The Balaban J connectivity index is 1.46. The van der Waals surface area contributed by atoms with Crippen LogP contribution in [0, 0.1) is 0 Å². The van der Waals surface area contributed by atoms with E-state index in [0.717, 1.165) is 25.9 Å². The van der Waals surface area contributed by atoms with E-state index in [2.05, 4.69) is 34.5 Å². The molecular formula is C18H21N3O. The largest absolute Gasteiger partial charge is 0.399 e. The molecule has 0 bridgehead atoms. The Kier molecular flexibility index (Phi) is 4.28. The monoisotopic (exact) mass is 295 g/mol. The predicted molar refractivity (Wildman–Crippen MR) is 90.2 cm³/mol. The molecule has 4 nitrogen and oxygen atoms in total. The van der Waals surface area contributed by atoms with Crippen molar-refractivity contribution >= 4 is 17.3 Å². The van der Waals surface area contributed by atoms with Gasteiger partial charge in [-0.1, -0.05) is 24.3 Å². The smallest absolute Gasteiger partial charge is 0.251 e. The lowest BCUT2D eigenvalue weighted by Gasteiger charge is -2.19. The van der Waals surface area contributed by atoms with Crippen LogP contribution in [0.25, 0.3) is 0 Å². The Labute approximate surface area is 130 Å². The van der Waals surface area contributed by atoms with Crippen LogP contribution >= 0.6 is 0 Å². The van der Waals surface area contributed by atoms with Crippen molar-refractivity contribution in [1.29, 1.82) is 0 Å². The molecule has 0 radical (unpaired) electrons. The first-order valence-corrected chi connectivity index (χ1v) is 7.70. The van der Waals surface area contributed by atoms with Crippen molar-refractivity contribution in [2.75, 3.05) is 30.3 Å². The highest BCUT2D eigenvalue weighted by Gasteiger charge is 2.17. The third-order valence-electron chi connectivity index (χ3n) is 4.02. The van der Waals surface area contributed by atoms with E-state index in [-0.39, 0.29) is 5.91 Å². The molecule has 0 unspecified atom stereocenters. The zero-order valence-electron chi connectivity index (χ0n) is 12.6. The van der Waals surface area contributed by atoms with E-state index >= 15 is 0 Å². The average Bonchev–Trinajstić information content (AvgIpc) is 2.95. The summed E-state index contributed by atoms with van der Waals surface area (Å²) in [5, 5.41) is 2.95. The van der Waals surface area contributed by atoms with Crippen molar-refractivity contribution in [2.45, 2.75) is 12.8 Å². The van der Waals surface area contributed by atoms with E-state index in [0.29, 0.717) is 17.8 Å². The molecule has 4 heteroatoms. The Morgan fingerprint density at radius 3 is 2.91 bits per heavy atom. The molecule has 3 rings (SSSR count). The molecule has 2 aromatic carbocycles. The van der Waals surface area contributed by atoms with Gasteiger partial charge in [0.25, 0.3) is 5.91 Å². The summed E-state index contributed by atoms with van der Waals surface area (Å²) in [7, 11) is 0. The van der Waals surface area contributed by atoms with E-state index in [1.54, 1.807) is 24.3 Å². The van der Waals surface area contributed by atoms with Gasteiger partial charge >= 0.3 is 0 Å². The van der Waals surface area contributed by atoms with Gasteiger partial charge in [0.05, 0.1) is 0 Å². The number of fused-ring (bicyclic) bond motifs is 1. The van der Waals surface area contributed by atoms with Crippen molar-refractivity contribution < 1.29 is 4.79 Å². The zero-order valence-corrected chi connectivity index (χ0v) is 12.6. The fourth-order valence-electron chi connectivity index (χ4n) is 2.89. The van der Waals surface area contributed by atoms with Crippen LogP contribution in [0.15, 0.2) is 48.5 Å². The van der Waals surface area contributed by atoms with Crippen LogP contribution < -0.4 is 16.0 Å². The maximum atomic E-state index is 12.0. The molecule has 22 heavy (non-hydrogen) atoms. The summed E-state index contributed by atoms with van der Waals surface area (Å²) in [6.45, 7) is 2.71. The van der Waals surface area contributed by atoms with Crippen LogP contribution in [0.1, 0.15) is 22.3 Å². The van der Waals surface area contributed by atoms with Crippen LogP contribution in [0.5, 0.6) is 0 Å². The van der Waals surface area contributed by atoms with Crippen molar-refractivity contribution in [3.05, 3.63) is 59.7 Å². The van der Waals surface area contributed by atoms with Gasteiger partial charge in [-0.2, -0.15) is 0 Å². The van der Waals surface area contributed by atoms with Gasteiger partial charge in [0.15, 0.2) is 0 Å². The average molecular weight is 295 g/mol. The van der Waals surface area contributed by atoms with Crippen LogP contribution in [0.4, 0.5) is 11.4 Å². The first-order chi connectivity index (χ1) is 10.7. The maximum absolute atomic E-state index is 12.0. The number of para-hydroxylation sites is 1. The molecule has 0 spiro atoms. The number of benzene rings is 2. The number of anilines is 2. The first-order valence-electron chi connectivity index (χ1n) is 7.70. The second-order valence-corrected chi connectivity index (χ2v) is 5.60. The molecule has 0 saturated carbocycles. The van der Waals surface area contributed by atoms with Gasteiger partial charge in [0.1, 0.15) is 0 Å². The molecule has 1 amide bonds. The lowest BCUT2D eigenvalue weighted by molar-refractivity contribution is 0.0953. The van der Waals surface area contributed by atoms with Gasteiger partial charge < -0.3 is 16.0 Å². The van der Waals surface area contributed by atoms with Gasteiger partial charge in [0.2, 0.25) is 0 Å². The first kappa shape index (κ1) is 14.4. The molecule has 0 atom stereocenters. The van der Waals surface area contributed by atoms with Crippen LogP contribution in [0.2, 0.25) is 0 Å². The van der Waals surface area contributed by atoms with E-state index in [1.165, 1.54) is 11.3 Å². The Morgan fingerprint density at radius 2 is 2.05 bits per heavy atom. The topological polar surface area (TPSA) is 58.4 Å². The minimum atomic E-state index is -0.0610. The number of amides is 1. The standard InChI is InChI=1S/C18H21N3O/c19-16-7-3-6-15(13-16)18(22)20-10-4-11-21-12-9-14-5-1-2-8-17(14)21/h1-3,5-8,13H,4,9-12,19H2,(H,20,22). The van der Waals surface area contributed by atoms with Crippen molar-refractivity contribution in [1.82, 2.24) is 5.32 Å². The summed E-state index contributed by atoms with van der Waals surface area (Å²) in [5.41, 5.74) is 9.68. The number of carbonyl (C=O) groups is 1. The maximum Gasteiger partial charge on any atom is 0.251 e. The highest BCUT2D eigenvalue weighted by Crippen LogP contribution is 2.27. The summed E-state index contributed by atoms with van der Waals surface area (Å²) >= 11 is 0. The molecule has 3 N–H and O–H groups in total. The molecule has 0 saturated heterocycles. The molecule has 1 aliphatic heterocycles. The quantitative estimate of drug-likeness (QED) is 0.658. The SMILES string of the molecule is Nc1cccc(C(=O)NCCCN2CCc3ccccc32)c1. The molecule has 114 valence electrons. The van der Waals surface area contributed by atoms with Gasteiger partial charge in [-0.15, -0.1) is 0 Å². The third-order valence-corrected chi connectivity index (χ3v) is 4.02. The summed E-state index contributed by atoms with van der Waals surface area (Å²) in [6.07, 6.45) is 2.05. The number of hydrogen-bond donors (Lipinski definition) is 2. The predicted octanol–water partition coefficient (Wildman–Crippen LogP) is 2.45. The highest BCUT2D eigenvalue weighted by molar-refractivity contribution is 5.94. The van der Waals surface area contributed by atoms with E-state index in [9.17, 15) is 4.79 Å². The molecule has 2 aromatic rings. The lowest BCUT2D eigenvalue weighted by atomic mass is 10.2. The summed E-state index contributed by atoms with van der Waals surface area (Å²) in [6, 6.07) is 15.6. The van der Waals surface area contributed by atoms with Gasteiger partial charge in [-0.3, -0.25) is 4.79 Å². The second kappa shape index (κ2) is 6.52. The number of nitrogens with two attached hydrogens (primary N) is 1. The molecular weight excluding hydrogens is 274 g/mol. The zero-order chi connectivity index (χ0) is 15.4. The molecule has 0 aliphatic carbocycles. The van der Waals surface area contributed by atoms with Crippen molar-refractivity contribution in [3.63, 3.8) is 0 Å². The molecule has 1 aliphatic rings. The summed E-state index contributed by atoms with van der Waals surface area (Å²) in [5.74, 6) is -0.0610. The number of nitrogens with one attached hydrogen (secondary N) is 1. The van der Waals surface area contributed by atoms with Gasteiger partial charge in [-0.05, 0) is 42.7 Å². The highest BCUT2D eigenvalue weighted by atomic mass is 16.1. The number of hydrogen-bond acceptors (Lipinski definition) is 3. The fourth-order valence-corrected chi connectivity index (χ4v) is 2.89. The van der Waals surface area contributed by atoms with Crippen LogP contribution in [-0.2, 0) is 6.42 Å². The molecule has 0 fully saturated rings. The summed E-state index contributed by atoms with van der Waals surface area (Å²) < 4.78 is 0. The van der Waals surface area contributed by atoms with E-state index in [1.807, 2.05) is 0 Å². The third kappa shape index (κ3) is 3.22. The fraction of sp³-hybridized carbons (Fsp3) is 0.278. The number of carbonyl (C=O) groups excluding carboxylic acids is 1.